The van der Waals surface area contributed by atoms with Crippen molar-refractivity contribution in [3.63, 3.8) is 0 Å². The molecule has 2 heteroatoms. The number of rotatable bonds is 2. The molecule has 0 aromatic heterocycles. The van der Waals surface area contributed by atoms with Crippen LogP contribution >= 0.6 is 0 Å². The van der Waals surface area contributed by atoms with Gasteiger partial charge in [0, 0.05) is 5.69 Å². The Labute approximate surface area is 91.9 Å². The standard InChI is InChI=1S/C13H18N2/c1-8-6-9(2)12(5)13(11(8)4)15-10(3)7-14/h6,10,15H,1-5H3. The second kappa shape index (κ2) is 4.35. The van der Waals surface area contributed by atoms with E-state index in [4.69, 9.17) is 5.26 Å². The predicted molar refractivity (Wildman–Crippen MR) is 64.1 cm³/mol. The summed E-state index contributed by atoms with van der Waals surface area (Å²) in [5, 5.41) is 12.1. The van der Waals surface area contributed by atoms with Crippen LogP contribution in [0.5, 0.6) is 0 Å². The Morgan fingerprint density at radius 2 is 1.60 bits per heavy atom. The van der Waals surface area contributed by atoms with Crippen molar-refractivity contribution in [1.29, 1.82) is 5.26 Å². The molecule has 2 nitrogen and oxygen atoms in total. The van der Waals surface area contributed by atoms with Crippen molar-refractivity contribution in [3.05, 3.63) is 28.3 Å². The van der Waals surface area contributed by atoms with Gasteiger partial charge in [-0.2, -0.15) is 5.26 Å². The molecule has 1 atom stereocenters. The van der Waals surface area contributed by atoms with Crippen LogP contribution in [0.25, 0.3) is 0 Å². The third-order valence-electron chi connectivity index (χ3n) is 2.92. The van der Waals surface area contributed by atoms with Crippen LogP contribution in [0.4, 0.5) is 5.69 Å². The molecule has 0 fully saturated rings. The summed E-state index contributed by atoms with van der Waals surface area (Å²) in [4.78, 5) is 0. The van der Waals surface area contributed by atoms with Crippen molar-refractivity contribution >= 4 is 5.69 Å². The molecule has 1 unspecified atom stereocenters. The quantitative estimate of drug-likeness (QED) is 0.799. The molecule has 1 N–H and O–H groups in total. The summed E-state index contributed by atoms with van der Waals surface area (Å²) < 4.78 is 0. The number of benzene rings is 1. The first-order valence-electron chi connectivity index (χ1n) is 5.21. The van der Waals surface area contributed by atoms with E-state index in [9.17, 15) is 0 Å². The van der Waals surface area contributed by atoms with Crippen molar-refractivity contribution in [1.82, 2.24) is 0 Å². The molecular weight excluding hydrogens is 184 g/mol. The minimum atomic E-state index is -0.149. The Morgan fingerprint density at radius 1 is 1.13 bits per heavy atom. The molecule has 80 valence electrons. The van der Waals surface area contributed by atoms with Gasteiger partial charge in [-0.1, -0.05) is 6.07 Å². The van der Waals surface area contributed by atoms with E-state index < -0.39 is 0 Å². The fourth-order valence-corrected chi connectivity index (χ4v) is 1.68. The number of nitrogens with zero attached hydrogens (tertiary/aromatic N) is 1. The van der Waals surface area contributed by atoms with Crippen molar-refractivity contribution in [2.45, 2.75) is 40.7 Å². The number of hydrogen-bond acceptors (Lipinski definition) is 2. The van der Waals surface area contributed by atoms with Gasteiger partial charge in [0.15, 0.2) is 0 Å². The highest BCUT2D eigenvalue weighted by Crippen LogP contribution is 2.26. The monoisotopic (exact) mass is 202 g/mol. The number of aryl methyl sites for hydroxylation is 2. The Bertz CT molecular complexity index is 387. The predicted octanol–water partition coefficient (Wildman–Crippen LogP) is 3.24. The zero-order valence-corrected chi connectivity index (χ0v) is 10.1. The summed E-state index contributed by atoms with van der Waals surface area (Å²) in [7, 11) is 0. The van der Waals surface area contributed by atoms with Crippen LogP contribution in [0.1, 0.15) is 29.2 Å². The molecule has 0 amide bonds. The van der Waals surface area contributed by atoms with Crippen LogP contribution < -0.4 is 5.32 Å². The summed E-state index contributed by atoms with van der Waals surface area (Å²) in [6, 6.07) is 4.23. The zero-order chi connectivity index (χ0) is 11.6. The fourth-order valence-electron chi connectivity index (χ4n) is 1.68. The molecule has 15 heavy (non-hydrogen) atoms. The van der Waals surface area contributed by atoms with Crippen molar-refractivity contribution in [3.8, 4) is 6.07 Å². The molecule has 0 aliphatic heterocycles. The minimum Gasteiger partial charge on any atom is -0.370 e. The lowest BCUT2D eigenvalue weighted by atomic mass is 9.98. The van der Waals surface area contributed by atoms with Gasteiger partial charge in [0.1, 0.15) is 6.04 Å². The lowest BCUT2D eigenvalue weighted by molar-refractivity contribution is 0.997. The summed E-state index contributed by atoms with van der Waals surface area (Å²) >= 11 is 0. The Hall–Kier alpha value is -1.49. The SMILES string of the molecule is Cc1cc(C)c(C)c(NC(C)C#N)c1C. The topological polar surface area (TPSA) is 35.8 Å². The molecule has 1 rings (SSSR count). The Balaban J connectivity index is 3.22. The normalized spacial score (nSPS) is 12.0. The van der Waals surface area contributed by atoms with Gasteiger partial charge in [0.25, 0.3) is 0 Å². The largest absolute Gasteiger partial charge is 0.370 e. The molecule has 1 aromatic carbocycles. The van der Waals surface area contributed by atoms with Gasteiger partial charge in [0.2, 0.25) is 0 Å². The summed E-state index contributed by atoms with van der Waals surface area (Å²) in [6.45, 7) is 10.3. The van der Waals surface area contributed by atoms with Crippen LogP contribution in [-0.2, 0) is 0 Å². The minimum absolute atomic E-state index is 0.149. The van der Waals surface area contributed by atoms with Crippen LogP contribution in [0.15, 0.2) is 6.07 Å². The van der Waals surface area contributed by atoms with Gasteiger partial charge in [-0.15, -0.1) is 0 Å². The van der Waals surface area contributed by atoms with Gasteiger partial charge in [0.05, 0.1) is 6.07 Å². The molecule has 0 heterocycles. The van der Waals surface area contributed by atoms with Crippen LogP contribution in [0, 0.1) is 39.0 Å². The number of anilines is 1. The van der Waals surface area contributed by atoms with E-state index in [2.05, 4.69) is 45.1 Å². The summed E-state index contributed by atoms with van der Waals surface area (Å²) in [6.07, 6.45) is 0. The Morgan fingerprint density at radius 3 is 2.00 bits per heavy atom. The van der Waals surface area contributed by atoms with E-state index >= 15 is 0 Å². The molecular formula is C13H18N2. The van der Waals surface area contributed by atoms with Gasteiger partial charge in [-0.3, -0.25) is 0 Å². The molecule has 0 saturated carbocycles. The molecule has 0 bridgehead atoms. The highest BCUT2D eigenvalue weighted by atomic mass is 14.9. The highest BCUT2D eigenvalue weighted by Gasteiger charge is 2.09. The van der Waals surface area contributed by atoms with E-state index in [1.54, 1.807) is 0 Å². The first-order chi connectivity index (χ1) is 6.97. The maximum Gasteiger partial charge on any atom is 0.111 e. The first-order valence-corrected chi connectivity index (χ1v) is 5.21. The Kier molecular flexibility index (Phi) is 3.36. The van der Waals surface area contributed by atoms with Crippen molar-refractivity contribution in [2.75, 3.05) is 5.32 Å². The zero-order valence-electron chi connectivity index (χ0n) is 10.1. The average molecular weight is 202 g/mol. The van der Waals surface area contributed by atoms with Crippen LogP contribution in [0.3, 0.4) is 0 Å². The van der Waals surface area contributed by atoms with Crippen molar-refractivity contribution < 1.29 is 0 Å². The molecule has 0 aliphatic rings. The van der Waals surface area contributed by atoms with Gasteiger partial charge in [-0.05, 0) is 56.9 Å². The number of hydrogen-bond donors (Lipinski definition) is 1. The van der Waals surface area contributed by atoms with Gasteiger partial charge >= 0.3 is 0 Å². The fraction of sp³-hybridized carbons (Fsp3) is 0.462. The second-order valence-corrected chi connectivity index (χ2v) is 4.13. The van der Waals surface area contributed by atoms with Crippen molar-refractivity contribution in [2.24, 2.45) is 0 Å². The maximum absolute atomic E-state index is 8.80. The average Bonchev–Trinajstić information content (AvgIpc) is 2.21. The van der Waals surface area contributed by atoms with E-state index in [-0.39, 0.29) is 6.04 Å². The molecule has 0 spiro atoms. The van der Waals surface area contributed by atoms with Gasteiger partial charge < -0.3 is 5.32 Å². The molecule has 0 radical (unpaired) electrons. The lowest BCUT2D eigenvalue weighted by Gasteiger charge is -2.18. The maximum atomic E-state index is 8.80. The third-order valence-corrected chi connectivity index (χ3v) is 2.92. The van der Waals surface area contributed by atoms with E-state index in [0.29, 0.717) is 0 Å². The molecule has 0 aliphatic carbocycles. The lowest BCUT2D eigenvalue weighted by Crippen LogP contribution is -2.15. The number of nitriles is 1. The van der Waals surface area contributed by atoms with E-state index in [0.717, 1.165) is 5.69 Å². The van der Waals surface area contributed by atoms with Gasteiger partial charge in [-0.25, -0.2) is 0 Å². The third kappa shape index (κ3) is 2.30. The number of nitrogens with one attached hydrogen (secondary N) is 1. The van der Waals surface area contributed by atoms with E-state index in [1.807, 2.05) is 6.92 Å². The first kappa shape index (κ1) is 11.6. The van der Waals surface area contributed by atoms with Crippen LogP contribution in [-0.4, -0.2) is 6.04 Å². The molecule has 0 saturated heterocycles. The highest BCUT2D eigenvalue weighted by molar-refractivity contribution is 5.62. The van der Waals surface area contributed by atoms with Crippen LogP contribution in [0.2, 0.25) is 0 Å². The second-order valence-electron chi connectivity index (χ2n) is 4.13. The molecule has 1 aromatic rings. The summed E-state index contributed by atoms with van der Waals surface area (Å²) in [5.74, 6) is 0. The van der Waals surface area contributed by atoms with E-state index in [1.165, 1.54) is 22.3 Å². The summed E-state index contributed by atoms with van der Waals surface area (Å²) in [5.41, 5.74) is 6.12. The smallest absolute Gasteiger partial charge is 0.111 e.